The minimum Gasteiger partial charge on any atom is -0.480 e. The van der Waals surface area contributed by atoms with Crippen LogP contribution in [0.15, 0.2) is 0 Å². The number of carbonyl (C=O) groups is 2. The van der Waals surface area contributed by atoms with Gasteiger partial charge in [-0.25, -0.2) is 9.59 Å². The Bertz CT molecular complexity index is 284. The van der Waals surface area contributed by atoms with Crippen LogP contribution in [0.2, 0.25) is 0 Å². The molecule has 1 unspecified atom stereocenters. The smallest absolute Gasteiger partial charge is 0.326 e. The predicted molar refractivity (Wildman–Crippen MR) is 74.7 cm³/mol. The highest BCUT2D eigenvalue weighted by atomic mass is 16.5. The molecule has 1 atom stereocenters. The molecule has 0 rings (SSSR count). The first-order valence-electron chi connectivity index (χ1n) is 6.83. The fraction of sp³-hybridized carbons (Fsp3) is 0.846. The van der Waals surface area contributed by atoms with E-state index in [2.05, 4.69) is 10.6 Å². The van der Waals surface area contributed by atoms with Crippen molar-refractivity contribution in [3.63, 3.8) is 0 Å². The first-order valence-corrected chi connectivity index (χ1v) is 6.83. The average Bonchev–Trinajstić information content (AvgIpc) is 2.38. The second-order valence-electron chi connectivity index (χ2n) is 4.77. The van der Waals surface area contributed by atoms with Crippen LogP contribution in [-0.4, -0.2) is 56.6 Å². The minimum absolute atomic E-state index is 0.160. The number of methoxy groups -OCH3 is 1. The van der Waals surface area contributed by atoms with Gasteiger partial charge in [0.2, 0.25) is 0 Å². The number of rotatable bonds is 11. The van der Waals surface area contributed by atoms with Crippen LogP contribution in [0.3, 0.4) is 0 Å². The molecule has 0 aliphatic rings. The number of ether oxygens (including phenoxy) is 2. The highest BCUT2D eigenvalue weighted by Crippen LogP contribution is 2.01. The first-order chi connectivity index (χ1) is 9.49. The monoisotopic (exact) mass is 290 g/mol. The van der Waals surface area contributed by atoms with Crippen molar-refractivity contribution in [2.75, 3.05) is 33.5 Å². The van der Waals surface area contributed by atoms with E-state index >= 15 is 0 Å². The zero-order valence-corrected chi connectivity index (χ0v) is 12.5. The van der Waals surface area contributed by atoms with E-state index in [-0.39, 0.29) is 5.92 Å². The number of carbonyl (C=O) groups excluding carboxylic acids is 1. The van der Waals surface area contributed by atoms with E-state index < -0.39 is 18.0 Å². The number of aliphatic carboxylic acids is 1. The van der Waals surface area contributed by atoms with Gasteiger partial charge in [0.25, 0.3) is 0 Å². The van der Waals surface area contributed by atoms with Gasteiger partial charge in [-0.1, -0.05) is 13.8 Å². The summed E-state index contributed by atoms with van der Waals surface area (Å²) >= 11 is 0. The highest BCUT2D eigenvalue weighted by Gasteiger charge is 2.22. The summed E-state index contributed by atoms with van der Waals surface area (Å²) in [6, 6.07) is -1.32. The van der Waals surface area contributed by atoms with Crippen LogP contribution in [0.5, 0.6) is 0 Å². The zero-order chi connectivity index (χ0) is 15.4. The van der Waals surface area contributed by atoms with Crippen LogP contribution in [0.25, 0.3) is 0 Å². The van der Waals surface area contributed by atoms with Gasteiger partial charge in [0, 0.05) is 20.3 Å². The fourth-order valence-electron chi connectivity index (χ4n) is 1.48. The van der Waals surface area contributed by atoms with Crippen molar-refractivity contribution >= 4 is 12.0 Å². The molecule has 0 bridgehead atoms. The van der Waals surface area contributed by atoms with Crippen molar-refractivity contribution in [3.8, 4) is 0 Å². The van der Waals surface area contributed by atoms with Gasteiger partial charge in [0.15, 0.2) is 0 Å². The molecule has 0 aromatic carbocycles. The Morgan fingerprint density at radius 1 is 1.15 bits per heavy atom. The number of unbranched alkanes of at least 4 members (excludes halogenated alkanes) is 1. The third kappa shape index (κ3) is 9.57. The molecule has 0 aromatic heterocycles. The molecular weight excluding hydrogens is 264 g/mol. The third-order valence-electron chi connectivity index (χ3n) is 2.65. The molecule has 0 fully saturated rings. The summed E-state index contributed by atoms with van der Waals surface area (Å²) in [6.07, 6.45) is 1.61. The molecular formula is C13H26N2O5. The van der Waals surface area contributed by atoms with Gasteiger partial charge in [-0.2, -0.15) is 0 Å². The summed E-state index contributed by atoms with van der Waals surface area (Å²) < 4.78 is 10.1. The van der Waals surface area contributed by atoms with Crippen LogP contribution >= 0.6 is 0 Å². The molecule has 0 aromatic rings. The van der Waals surface area contributed by atoms with E-state index in [1.54, 1.807) is 21.0 Å². The number of carboxylic acids is 1. The van der Waals surface area contributed by atoms with Crippen LogP contribution in [0.4, 0.5) is 4.79 Å². The van der Waals surface area contributed by atoms with Crippen molar-refractivity contribution in [3.05, 3.63) is 0 Å². The molecule has 0 spiro atoms. The summed E-state index contributed by atoms with van der Waals surface area (Å²) in [6.45, 7) is 5.75. The second-order valence-corrected chi connectivity index (χ2v) is 4.77. The number of amides is 2. The van der Waals surface area contributed by atoms with E-state index in [4.69, 9.17) is 14.6 Å². The number of nitrogens with one attached hydrogen (secondary N) is 2. The van der Waals surface area contributed by atoms with Gasteiger partial charge in [-0.05, 0) is 18.8 Å². The Hall–Kier alpha value is -1.34. The lowest BCUT2D eigenvalue weighted by atomic mass is 10.1. The van der Waals surface area contributed by atoms with Crippen LogP contribution in [-0.2, 0) is 14.3 Å². The molecule has 20 heavy (non-hydrogen) atoms. The average molecular weight is 290 g/mol. The van der Waals surface area contributed by atoms with E-state index in [9.17, 15) is 9.59 Å². The molecule has 0 radical (unpaired) electrons. The predicted octanol–water partition coefficient (Wildman–Crippen LogP) is 0.838. The van der Waals surface area contributed by atoms with Crippen LogP contribution in [0.1, 0.15) is 26.7 Å². The van der Waals surface area contributed by atoms with E-state index in [0.717, 1.165) is 12.8 Å². The lowest BCUT2D eigenvalue weighted by molar-refractivity contribution is -0.140. The topological polar surface area (TPSA) is 96.9 Å². The number of hydrogen-bond acceptors (Lipinski definition) is 4. The normalized spacial score (nSPS) is 12.2. The number of hydrogen-bond donors (Lipinski definition) is 3. The number of urea groups is 1. The molecule has 0 saturated carbocycles. The van der Waals surface area contributed by atoms with Gasteiger partial charge in [0.1, 0.15) is 6.04 Å². The highest BCUT2D eigenvalue weighted by molar-refractivity contribution is 5.82. The molecule has 7 heteroatoms. The maximum Gasteiger partial charge on any atom is 0.326 e. The zero-order valence-electron chi connectivity index (χ0n) is 12.5. The van der Waals surface area contributed by atoms with Crippen molar-refractivity contribution in [2.24, 2.45) is 5.92 Å². The van der Waals surface area contributed by atoms with E-state index in [1.165, 1.54) is 0 Å². The summed E-state index contributed by atoms with van der Waals surface area (Å²) in [5, 5.41) is 14.0. The summed E-state index contributed by atoms with van der Waals surface area (Å²) in [5.41, 5.74) is 0. The lowest BCUT2D eigenvalue weighted by Crippen LogP contribution is -2.48. The summed E-state index contributed by atoms with van der Waals surface area (Å²) in [4.78, 5) is 22.4. The Balaban J connectivity index is 3.60. The largest absolute Gasteiger partial charge is 0.480 e. The van der Waals surface area contributed by atoms with Crippen LogP contribution in [0, 0.1) is 5.92 Å². The molecule has 2 amide bonds. The lowest BCUT2D eigenvalue weighted by Gasteiger charge is -2.18. The van der Waals surface area contributed by atoms with Gasteiger partial charge in [0.05, 0.1) is 13.2 Å². The molecule has 0 aliphatic carbocycles. The summed E-state index contributed by atoms with van der Waals surface area (Å²) in [7, 11) is 1.62. The van der Waals surface area contributed by atoms with Gasteiger partial charge in [-0.3, -0.25) is 0 Å². The SMILES string of the molecule is COCCOCCCCNC(=O)NC(C(=O)O)C(C)C. The maximum atomic E-state index is 11.5. The fourth-order valence-corrected chi connectivity index (χ4v) is 1.48. The molecule has 0 heterocycles. The maximum absolute atomic E-state index is 11.5. The second kappa shape index (κ2) is 11.5. The Morgan fingerprint density at radius 2 is 1.85 bits per heavy atom. The molecule has 118 valence electrons. The molecule has 0 aliphatic heterocycles. The van der Waals surface area contributed by atoms with Crippen molar-refractivity contribution in [1.82, 2.24) is 10.6 Å². The standard InChI is InChI=1S/C13H26N2O5/c1-10(2)11(12(16)17)15-13(18)14-6-4-5-7-20-9-8-19-3/h10-11H,4-9H2,1-3H3,(H,16,17)(H2,14,15,18). The van der Waals surface area contributed by atoms with Crippen LogP contribution < -0.4 is 10.6 Å². The van der Waals surface area contributed by atoms with E-state index in [0.29, 0.717) is 26.4 Å². The quantitative estimate of drug-likeness (QED) is 0.490. The van der Waals surface area contributed by atoms with Gasteiger partial charge < -0.3 is 25.2 Å². The molecule has 7 nitrogen and oxygen atoms in total. The third-order valence-corrected chi connectivity index (χ3v) is 2.65. The molecule has 0 saturated heterocycles. The minimum atomic E-state index is -1.03. The van der Waals surface area contributed by atoms with Crippen molar-refractivity contribution in [2.45, 2.75) is 32.7 Å². The summed E-state index contributed by atoms with van der Waals surface area (Å²) in [5.74, 6) is -1.19. The first kappa shape index (κ1) is 18.7. The van der Waals surface area contributed by atoms with Crippen molar-refractivity contribution in [1.29, 1.82) is 0 Å². The van der Waals surface area contributed by atoms with Gasteiger partial charge >= 0.3 is 12.0 Å². The Labute approximate surface area is 120 Å². The van der Waals surface area contributed by atoms with E-state index in [1.807, 2.05) is 0 Å². The molecule has 3 N–H and O–H groups in total. The number of carboxylic acid groups (broad SMARTS) is 1. The Kier molecular flexibility index (Phi) is 10.7. The van der Waals surface area contributed by atoms with Gasteiger partial charge in [-0.15, -0.1) is 0 Å². The van der Waals surface area contributed by atoms with Crippen molar-refractivity contribution < 1.29 is 24.2 Å². The Morgan fingerprint density at radius 3 is 2.40 bits per heavy atom.